The smallest absolute Gasteiger partial charge is 0.224 e. The molecule has 100 valence electrons. The molecule has 0 bridgehead atoms. The van der Waals surface area contributed by atoms with Gasteiger partial charge in [0.05, 0.1) is 0 Å². The third-order valence-electron chi connectivity index (χ3n) is 2.92. The Bertz CT molecular complexity index is 567. The molecule has 0 saturated heterocycles. The number of benzene rings is 1. The average Bonchev–Trinajstić information content (AvgIpc) is 2.39. The minimum atomic E-state index is 0.428. The molecule has 0 spiro atoms. The highest BCUT2D eigenvalue weighted by molar-refractivity contribution is 7.98. The molecule has 0 fully saturated rings. The van der Waals surface area contributed by atoms with Crippen LogP contribution in [-0.4, -0.2) is 11.2 Å². The molecule has 0 aliphatic rings. The zero-order valence-corrected chi connectivity index (χ0v) is 12.3. The minimum Gasteiger partial charge on any atom is -0.439 e. The van der Waals surface area contributed by atoms with Crippen molar-refractivity contribution in [3.05, 3.63) is 47.2 Å². The predicted octanol–water partition coefficient (Wildman–Crippen LogP) is 3.67. The first kappa shape index (κ1) is 13.9. The molecule has 2 N–H and O–H groups in total. The van der Waals surface area contributed by atoms with Crippen molar-refractivity contribution in [3.8, 4) is 11.6 Å². The number of pyridine rings is 1. The van der Waals surface area contributed by atoms with Crippen LogP contribution in [0.3, 0.4) is 0 Å². The number of aromatic nitrogens is 1. The van der Waals surface area contributed by atoms with Crippen LogP contribution in [0, 0.1) is 13.8 Å². The molecule has 2 rings (SSSR count). The summed E-state index contributed by atoms with van der Waals surface area (Å²) < 4.78 is 5.86. The summed E-state index contributed by atoms with van der Waals surface area (Å²) >= 11 is 1.71. The van der Waals surface area contributed by atoms with Crippen LogP contribution in [0.25, 0.3) is 0 Å². The topological polar surface area (TPSA) is 48.1 Å². The van der Waals surface area contributed by atoms with Crippen molar-refractivity contribution in [1.82, 2.24) is 4.98 Å². The predicted molar refractivity (Wildman–Crippen MR) is 79.9 cm³/mol. The molecule has 19 heavy (non-hydrogen) atoms. The van der Waals surface area contributed by atoms with Crippen LogP contribution in [0.5, 0.6) is 11.6 Å². The third kappa shape index (κ3) is 3.28. The molecule has 0 radical (unpaired) electrons. The summed E-state index contributed by atoms with van der Waals surface area (Å²) in [4.78, 5) is 5.64. The van der Waals surface area contributed by atoms with Gasteiger partial charge < -0.3 is 10.5 Å². The largest absolute Gasteiger partial charge is 0.439 e. The van der Waals surface area contributed by atoms with Crippen molar-refractivity contribution in [1.29, 1.82) is 0 Å². The van der Waals surface area contributed by atoms with E-state index >= 15 is 0 Å². The molecule has 1 heterocycles. The molecular weight excluding hydrogens is 256 g/mol. The number of nitrogens with two attached hydrogens (primary N) is 1. The van der Waals surface area contributed by atoms with Crippen molar-refractivity contribution >= 4 is 11.8 Å². The Morgan fingerprint density at radius 3 is 2.47 bits per heavy atom. The van der Waals surface area contributed by atoms with Gasteiger partial charge in [0.1, 0.15) is 5.75 Å². The summed E-state index contributed by atoms with van der Waals surface area (Å²) in [6, 6.07) is 9.98. The summed E-state index contributed by atoms with van der Waals surface area (Å²) in [5.74, 6) is 1.39. The van der Waals surface area contributed by atoms with Crippen molar-refractivity contribution in [3.63, 3.8) is 0 Å². The summed E-state index contributed by atoms with van der Waals surface area (Å²) in [7, 11) is 0. The van der Waals surface area contributed by atoms with Crippen molar-refractivity contribution in [2.24, 2.45) is 5.73 Å². The molecule has 4 heteroatoms. The van der Waals surface area contributed by atoms with E-state index in [1.54, 1.807) is 11.8 Å². The summed E-state index contributed by atoms with van der Waals surface area (Å²) in [5.41, 5.74) is 8.79. The van der Waals surface area contributed by atoms with E-state index < -0.39 is 0 Å². The lowest BCUT2D eigenvalue weighted by Gasteiger charge is -2.12. The van der Waals surface area contributed by atoms with Crippen molar-refractivity contribution in [2.75, 3.05) is 6.26 Å². The van der Waals surface area contributed by atoms with Crippen LogP contribution < -0.4 is 10.5 Å². The standard InChI is InChI=1S/C15H18N2OS/c1-10-8-11(2)17-15(14(10)9-16)18-12-4-6-13(19-3)7-5-12/h4-8H,9,16H2,1-3H3. The quantitative estimate of drug-likeness (QED) is 0.864. The molecule has 1 aromatic carbocycles. The SMILES string of the molecule is CSc1ccc(Oc2nc(C)cc(C)c2CN)cc1. The maximum absolute atomic E-state index is 5.86. The van der Waals surface area contributed by atoms with Gasteiger partial charge in [0.15, 0.2) is 0 Å². The highest BCUT2D eigenvalue weighted by Crippen LogP contribution is 2.27. The van der Waals surface area contributed by atoms with Gasteiger partial charge in [-0.05, 0) is 56.0 Å². The Labute approximate surface area is 118 Å². The molecule has 0 unspecified atom stereocenters. The van der Waals surface area contributed by atoms with Gasteiger partial charge in [-0.2, -0.15) is 0 Å². The molecule has 1 aromatic heterocycles. The van der Waals surface area contributed by atoms with Crippen LogP contribution >= 0.6 is 11.8 Å². The summed E-state index contributed by atoms with van der Waals surface area (Å²) in [6.07, 6.45) is 2.05. The normalized spacial score (nSPS) is 10.5. The maximum atomic E-state index is 5.86. The van der Waals surface area contributed by atoms with E-state index in [2.05, 4.69) is 4.98 Å². The van der Waals surface area contributed by atoms with Gasteiger partial charge >= 0.3 is 0 Å². The molecular formula is C15H18N2OS. The average molecular weight is 274 g/mol. The molecule has 0 amide bonds. The number of hydrogen-bond acceptors (Lipinski definition) is 4. The second kappa shape index (κ2) is 6.08. The van der Waals surface area contributed by atoms with E-state index in [4.69, 9.17) is 10.5 Å². The molecule has 3 nitrogen and oxygen atoms in total. The van der Waals surface area contributed by atoms with Gasteiger partial charge in [-0.3, -0.25) is 0 Å². The van der Waals surface area contributed by atoms with Crippen molar-refractivity contribution < 1.29 is 4.74 Å². The Morgan fingerprint density at radius 1 is 1.21 bits per heavy atom. The zero-order valence-electron chi connectivity index (χ0n) is 11.4. The highest BCUT2D eigenvalue weighted by Gasteiger charge is 2.09. The molecule has 0 saturated carbocycles. The first-order valence-electron chi connectivity index (χ1n) is 6.13. The molecule has 2 aromatic rings. The van der Waals surface area contributed by atoms with Gasteiger partial charge in [-0.25, -0.2) is 4.98 Å². The summed E-state index contributed by atoms with van der Waals surface area (Å²) in [6.45, 7) is 4.41. The second-order valence-corrected chi connectivity index (χ2v) is 5.23. The van der Waals surface area contributed by atoms with E-state index in [1.165, 1.54) is 4.90 Å². The fraction of sp³-hybridized carbons (Fsp3) is 0.267. The van der Waals surface area contributed by atoms with Gasteiger partial charge in [0, 0.05) is 22.7 Å². The monoisotopic (exact) mass is 274 g/mol. The molecule has 0 aliphatic heterocycles. The van der Waals surface area contributed by atoms with E-state index in [9.17, 15) is 0 Å². The highest BCUT2D eigenvalue weighted by atomic mass is 32.2. The molecule has 0 aliphatic carbocycles. The fourth-order valence-electron chi connectivity index (χ4n) is 1.92. The Balaban J connectivity index is 2.31. The van der Waals surface area contributed by atoms with Crippen LogP contribution in [0.4, 0.5) is 0 Å². The number of rotatable bonds is 4. The Kier molecular flexibility index (Phi) is 4.45. The van der Waals surface area contributed by atoms with E-state index in [0.717, 1.165) is 22.6 Å². The first-order valence-corrected chi connectivity index (χ1v) is 7.35. The number of ether oxygens (including phenoxy) is 1. The van der Waals surface area contributed by atoms with E-state index in [-0.39, 0.29) is 0 Å². The van der Waals surface area contributed by atoms with Crippen molar-refractivity contribution in [2.45, 2.75) is 25.3 Å². The van der Waals surface area contributed by atoms with E-state index in [1.807, 2.05) is 50.4 Å². The minimum absolute atomic E-state index is 0.428. The van der Waals surface area contributed by atoms with Gasteiger partial charge in [-0.1, -0.05) is 0 Å². The van der Waals surface area contributed by atoms with Crippen LogP contribution in [0.2, 0.25) is 0 Å². The van der Waals surface area contributed by atoms with Crippen LogP contribution in [0.1, 0.15) is 16.8 Å². The van der Waals surface area contributed by atoms with Gasteiger partial charge in [-0.15, -0.1) is 11.8 Å². The zero-order chi connectivity index (χ0) is 13.8. The number of aryl methyl sites for hydroxylation is 2. The summed E-state index contributed by atoms with van der Waals surface area (Å²) in [5, 5.41) is 0. The number of thioether (sulfide) groups is 1. The van der Waals surface area contributed by atoms with Gasteiger partial charge in [0.2, 0.25) is 5.88 Å². The van der Waals surface area contributed by atoms with Gasteiger partial charge in [0.25, 0.3) is 0 Å². The third-order valence-corrected chi connectivity index (χ3v) is 3.66. The Morgan fingerprint density at radius 2 is 1.89 bits per heavy atom. The second-order valence-electron chi connectivity index (χ2n) is 4.35. The lowest BCUT2D eigenvalue weighted by molar-refractivity contribution is 0.454. The Hall–Kier alpha value is -1.52. The first-order chi connectivity index (χ1) is 9.13. The molecule has 0 atom stereocenters. The number of nitrogens with zero attached hydrogens (tertiary/aromatic N) is 1. The lowest BCUT2D eigenvalue weighted by atomic mass is 10.1. The maximum Gasteiger partial charge on any atom is 0.224 e. The number of hydrogen-bond donors (Lipinski definition) is 1. The van der Waals surface area contributed by atoms with E-state index in [0.29, 0.717) is 12.4 Å². The van der Waals surface area contributed by atoms with Crippen LogP contribution in [-0.2, 0) is 6.54 Å². The van der Waals surface area contributed by atoms with Crippen LogP contribution in [0.15, 0.2) is 35.2 Å². The lowest BCUT2D eigenvalue weighted by Crippen LogP contribution is -2.05. The fourth-order valence-corrected chi connectivity index (χ4v) is 2.33.